The van der Waals surface area contributed by atoms with E-state index in [1.54, 1.807) is 6.07 Å². The van der Waals surface area contributed by atoms with Crippen LogP contribution in [0.3, 0.4) is 0 Å². The summed E-state index contributed by atoms with van der Waals surface area (Å²) in [5, 5.41) is 19.6. The molecule has 2 aromatic carbocycles. The second kappa shape index (κ2) is 7.47. The Kier molecular flexibility index (Phi) is 5.38. The minimum absolute atomic E-state index is 0.00435. The number of aliphatic hydroxyl groups excluding tert-OH is 1. The van der Waals surface area contributed by atoms with Crippen LogP contribution < -0.4 is 9.47 Å². The van der Waals surface area contributed by atoms with Crippen molar-refractivity contribution in [2.75, 3.05) is 20.8 Å². The van der Waals surface area contributed by atoms with Gasteiger partial charge in [0.25, 0.3) is 0 Å². The average molecular weight is 301 g/mol. The van der Waals surface area contributed by atoms with Gasteiger partial charge in [-0.2, -0.15) is 0 Å². The Labute approximate surface area is 129 Å². The van der Waals surface area contributed by atoms with Crippen molar-refractivity contribution in [3.63, 3.8) is 0 Å². The van der Waals surface area contributed by atoms with Crippen LogP contribution in [-0.2, 0) is 0 Å². The Bertz CT molecular complexity index is 641. The van der Waals surface area contributed by atoms with Crippen LogP contribution in [0.25, 0.3) is 0 Å². The van der Waals surface area contributed by atoms with Gasteiger partial charge in [0.15, 0.2) is 0 Å². The van der Waals surface area contributed by atoms with E-state index >= 15 is 0 Å². The van der Waals surface area contributed by atoms with Crippen molar-refractivity contribution >= 4 is 6.21 Å². The third-order valence-corrected chi connectivity index (χ3v) is 3.29. The summed E-state index contributed by atoms with van der Waals surface area (Å²) in [5.74, 6) is 0.948. The normalized spacial score (nSPS) is 12.3. The Morgan fingerprint density at radius 1 is 1.14 bits per heavy atom. The lowest BCUT2D eigenvalue weighted by Crippen LogP contribution is -2.02. The Morgan fingerprint density at radius 3 is 2.45 bits per heavy atom. The number of hydrogen-bond donors (Lipinski definition) is 2. The van der Waals surface area contributed by atoms with E-state index < -0.39 is 6.04 Å². The number of aromatic hydroxyl groups is 1. The fraction of sp³-hybridized carbons (Fsp3) is 0.235. The van der Waals surface area contributed by atoms with Crippen LogP contribution in [0.15, 0.2) is 47.5 Å². The van der Waals surface area contributed by atoms with Gasteiger partial charge in [-0.15, -0.1) is 0 Å². The van der Waals surface area contributed by atoms with E-state index in [0.29, 0.717) is 17.1 Å². The molecule has 0 radical (unpaired) electrons. The Hall–Kier alpha value is -2.53. The van der Waals surface area contributed by atoms with E-state index in [0.717, 1.165) is 5.56 Å². The van der Waals surface area contributed by atoms with Crippen LogP contribution in [0.5, 0.6) is 17.2 Å². The van der Waals surface area contributed by atoms with Gasteiger partial charge in [-0.25, -0.2) is 0 Å². The standard InChI is InChI=1S/C17H19NO4/c1-21-13-8-16(20)14(17(9-13)22-2)10-18-15(11-19)12-6-4-3-5-7-12/h3-10,15,19-20H,11H2,1-2H3. The van der Waals surface area contributed by atoms with Gasteiger partial charge in [0.05, 0.1) is 32.4 Å². The fourth-order valence-corrected chi connectivity index (χ4v) is 2.08. The molecule has 0 aliphatic heterocycles. The van der Waals surface area contributed by atoms with Crippen molar-refractivity contribution < 1.29 is 19.7 Å². The van der Waals surface area contributed by atoms with Gasteiger partial charge in [0, 0.05) is 18.3 Å². The Morgan fingerprint density at radius 2 is 1.86 bits per heavy atom. The molecule has 0 spiro atoms. The summed E-state index contributed by atoms with van der Waals surface area (Å²) < 4.78 is 10.3. The number of nitrogens with zero attached hydrogens (tertiary/aromatic N) is 1. The van der Waals surface area contributed by atoms with Crippen molar-refractivity contribution in [1.82, 2.24) is 0 Å². The molecule has 0 aliphatic rings. The molecule has 0 saturated heterocycles. The zero-order valence-electron chi connectivity index (χ0n) is 12.6. The number of aliphatic hydroxyl groups is 1. The van der Waals surface area contributed by atoms with Crippen molar-refractivity contribution in [1.29, 1.82) is 0 Å². The molecule has 116 valence electrons. The topological polar surface area (TPSA) is 71.3 Å². The molecule has 5 heteroatoms. The molecule has 2 N–H and O–H groups in total. The van der Waals surface area contributed by atoms with Crippen molar-refractivity contribution in [3.8, 4) is 17.2 Å². The largest absolute Gasteiger partial charge is 0.507 e. The Balaban J connectivity index is 2.32. The summed E-state index contributed by atoms with van der Waals surface area (Å²) in [7, 11) is 3.02. The van der Waals surface area contributed by atoms with Gasteiger partial charge in [-0.05, 0) is 5.56 Å². The third-order valence-electron chi connectivity index (χ3n) is 3.29. The molecule has 0 aliphatic carbocycles. The highest BCUT2D eigenvalue weighted by Crippen LogP contribution is 2.32. The van der Waals surface area contributed by atoms with Gasteiger partial charge in [-0.1, -0.05) is 30.3 Å². The number of hydrogen-bond acceptors (Lipinski definition) is 5. The summed E-state index contributed by atoms with van der Waals surface area (Å²) in [6.45, 7) is -0.125. The smallest absolute Gasteiger partial charge is 0.135 e. The number of methoxy groups -OCH3 is 2. The predicted octanol–water partition coefficient (Wildman–Crippen LogP) is 2.56. The molecule has 0 fully saturated rings. The molecule has 0 saturated carbocycles. The summed E-state index contributed by atoms with van der Waals surface area (Å²) in [5.41, 5.74) is 1.34. The van der Waals surface area contributed by atoms with Crippen LogP contribution in [0.2, 0.25) is 0 Å². The van der Waals surface area contributed by atoms with Crippen LogP contribution in [0.4, 0.5) is 0 Å². The van der Waals surface area contributed by atoms with Crippen LogP contribution in [0.1, 0.15) is 17.2 Å². The summed E-state index contributed by atoms with van der Waals surface area (Å²) in [6, 6.07) is 12.2. The molecule has 5 nitrogen and oxygen atoms in total. The van der Waals surface area contributed by atoms with E-state index in [4.69, 9.17) is 9.47 Å². The van der Waals surface area contributed by atoms with E-state index in [-0.39, 0.29) is 12.4 Å². The summed E-state index contributed by atoms with van der Waals surface area (Å²) >= 11 is 0. The maximum absolute atomic E-state index is 10.1. The predicted molar refractivity (Wildman–Crippen MR) is 85.1 cm³/mol. The summed E-state index contributed by atoms with van der Waals surface area (Å²) in [4.78, 5) is 4.35. The first kappa shape index (κ1) is 15.9. The molecule has 0 aromatic heterocycles. The minimum atomic E-state index is -0.396. The molecule has 1 atom stereocenters. The second-order valence-electron chi connectivity index (χ2n) is 4.65. The van der Waals surface area contributed by atoms with Gasteiger partial charge in [0.1, 0.15) is 17.2 Å². The fourth-order valence-electron chi connectivity index (χ4n) is 2.08. The molecular formula is C17H19NO4. The number of ether oxygens (including phenoxy) is 2. The van der Waals surface area contributed by atoms with Gasteiger partial charge in [0.2, 0.25) is 0 Å². The first-order valence-corrected chi connectivity index (χ1v) is 6.83. The molecule has 0 amide bonds. The lowest BCUT2D eigenvalue weighted by Gasteiger charge is -2.12. The lowest BCUT2D eigenvalue weighted by molar-refractivity contribution is 0.269. The molecule has 1 unspecified atom stereocenters. The number of benzene rings is 2. The second-order valence-corrected chi connectivity index (χ2v) is 4.65. The maximum atomic E-state index is 10.1. The maximum Gasteiger partial charge on any atom is 0.135 e. The highest BCUT2D eigenvalue weighted by Gasteiger charge is 2.12. The van der Waals surface area contributed by atoms with Crippen LogP contribution in [-0.4, -0.2) is 37.3 Å². The SMILES string of the molecule is COc1cc(O)c(C=NC(CO)c2ccccc2)c(OC)c1. The number of rotatable bonds is 6. The lowest BCUT2D eigenvalue weighted by atomic mass is 10.1. The number of phenolic OH excluding ortho intramolecular Hbond substituents is 1. The van der Waals surface area contributed by atoms with Crippen molar-refractivity contribution in [3.05, 3.63) is 53.6 Å². The van der Waals surface area contributed by atoms with E-state index in [1.165, 1.54) is 26.5 Å². The van der Waals surface area contributed by atoms with Crippen molar-refractivity contribution in [2.24, 2.45) is 4.99 Å². The van der Waals surface area contributed by atoms with Crippen molar-refractivity contribution in [2.45, 2.75) is 6.04 Å². The molecular weight excluding hydrogens is 282 g/mol. The van der Waals surface area contributed by atoms with Gasteiger partial charge >= 0.3 is 0 Å². The van der Waals surface area contributed by atoms with E-state index in [9.17, 15) is 10.2 Å². The molecule has 0 heterocycles. The molecule has 0 bridgehead atoms. The molecule has 22 heavy (non-hydrogen) atoms. The molecule has 2 rings (SSSR count). The number of phenols is 1. The van der Waals surface area contributed by atoms with Gasteiger partial charge in [-0.3, -0.25) is 4.99 Å². The third kappa shape index (κ3) is 3.56. The first-order valence-electron chi connectivity index (χ1n) is 6.83. The average Bonchev–Trinajstić information content (AvgIpc) is 2.57. The molecule has 2 aromatic rings. The highest BCUT2D eigenvalue weighted by atomic mass is 16.5. The minimum Gasteiger partial charge on any atom is -0.507 e. The number of aliphatic imine (C=N–C) groups is 1. The zero-order chi connectivity index (χ0) is 15.9. The monoisotopic (exact) mass is 301 g/mol. The summed E-state index contributed by atoms with van der Waals surface area (Å²) in [6.07, 6.45) is 1.50. The van der Waals surface area contributed by atoms with Gasteiger partial charge < -0.3 is 19.7 Å². The highest BCUT2D eigenvalue weighted by molar-refractivity contribution is 5.88. The van der Waals surface area contributed by atoms with E-state index in [1.807, 2.05) is 30.3 Å². The van der Waals surface area contributed by atoms with Crippen LogP contribution >= 0.6 is 0 Å². The van der Waals surface area contributed by atoms with Crippen LogP contribution in [0, 0.1) is 0 Å². The quantitative estimate of drug-likeness (QED) is 0.804. The van der Waals surface area contributed by atoms with E-state index in [2.05, 4.69) is 4.99 Å². The zero-order valence-corrected chi connectivity index (χ0v) is 12.6. The first-order chi connectivity index (χ1) is 10.7.